The normalized spacial score (nSPS) is 53.2. The first-order chi connectivity index (χ1) is 10.4. The lowest BCUT2D eigenvalue weighted by molar-refractivity contribution is -0.0308. The van der Waals surface area contributed by atoms with Gasteiger partial charge in [0, 0.05) is 10.8 Å². The molecule has 2 nitrogen and oxygen atoms in total. The van der Waals surface area contributed by atoms with Crippen LogP contribution in [0.1, 0.15) is 46.5 Å². The molecule has 0 aromatic carbocycles. The van der Waals surface area contributed by atoms with Gasteiger partial charge in [0.15, 0.2) is 0 Å². The fraction of sp³-hybridized carbons (Fsp3) is 0.700. The molecule has 0 amide bonds. The molecule has 0 bridgehead atoms. The van der Waals surface area contributed by atoms with Crippen LogP contribution in [-0.2, 0) is 0 Å². The van der Waals surface area contributed by atoms with E-state index in [1.807, 2.05) is 6.08 Å². The molecule has 0 spiro atoms. The van der Waals surface area contributed by atoms with E-state index in [0.29, 0.717) is 29.4 Å². The highest BCUT2D eigenvalue weighted by atomic mass is 16.3. The zero-order valence-corrected chi connectivity index (χ0v) is 13.9. The van der Waals surface area contributed by atoms with E-state index >= 15 is 0 Å². The molecule has 120 valence electrons. The lowest BCUT2D eigenvalue weighted by atomic mass is 9.47. The minimum Gasteiger partial charge on any atom is -0.512 e. The fourth-order valence-corrected chi connectivity index (χ4v) is 6.15. The summed E-state index contributed by atoms with van der Waals surface area (Å²) in [6, 6.07) is 0. The molecule has 4 rings (SSSR count). The first-order valence-electron chi connectivity index (χ1n) is 8.84. The van der Waals surface area contributed by atoms with Crippen molar-refractivity contribution in [3.05, 3.63) is 35.6 Å². The van der Waals surface area contributed by atoms with Crippen molar-refractivity contribution in [2.75, 3.05) is 0 Å². The molecule has 0 saturated heterocycles. The largest absolute Gasteiger partial charge is 0.512 e. The van der Waals surface area contributed by atoms with E-state index < -0.39 is 0 Å². The molecule has 7 atom stereocenters. The maximum atomic E-state index is 10.4. The van der Waals surface area contributed by atoms with E-state index in [4.69, 9.17) is 0 Å². The van der Waals surface area contributed by atoms with Crippen molar-refractivity contribution in [2.45, 2.75) is 52.6 Å². The minimum absolute atomic E-state index is 0.00494. The lowest BCUT2D eigenvalue weighted by Gasteiger charge is -2.57. The Labute approximate surface area is 133 Å². The second-order valence-corrected chi connectivity index (χ2v) is 8.54. The van der Waals surface area contributed by atoms with Crippen molar-refractivity contribution in [1.29, 1.82) is 0 Å². The number of fused-ring (bicyclic) bond motifs is 5. The maximum absolute atomic E-state index is 10.4. The van der Waals surface area contributed by atoms with Crippen molar-refractivity contribution in [1.82, 2.24) is 0 Å². The molecule has 1 fully saturated rings. The van der Waals surface area contributed by atoms with Gasteiger partial charge in [-0.05, 0) is 55.4 Å². The van der Waals surface area contributed by atoms with Gasteiger partial charge in [-0.2, -0.15) is 0 Å². The number of rotatable bonds is 0. The van der Waals surface area contributed by atoms with Crippen molar-refractivity contribution in [3.8, 4) is 0 Å². The summed E-state index contributed by atoms with van der Waals surface area (Å²) in [7, 11) is 0. The average Bonchev–Trinajstić information content (AvgIpc) is 2.77. The molecule has 1 saturated carbocycles. The monoisotopic (exact) mass is 300 g/mol. The first kappa shape index (κ1) is 14.6. The molecule has 0 radical (unpaired) electrons. The van der Waals surface area contributed by atoms with Gasteiger partial charge in [0.25, 0.3) is 0 Å². The summed E-state index contributed by atoms with van der Waals surface area (Å²) >= 11 is 0. The molecule has 2 heteroatoms. The lowest BCUT2D eigenvalue weighted by Crippen LogP contribution is -2.51. The molecule has 0 aliphatic heterocycles. The van der Waals surface area contributed by atoms with Crippen LogP contribution in [0.3, 0.4) is 0 Å². The van der Waals surface area contributed by atoms with Crippen LogP contribution in [0.2, 0.25) is 0 Å². The molecule has 0 aromatic heterocycles. The maximum Gasteiger partial charge on any atom is 0.0944 e. The Balaban J connectivity index is 1.77. The van der Waals surface area contributed by atoms with Crippen molar-refractivity contribution in [2.24, 2.45) is 34.5 Å². The highest BCUT2D eigenvalue weighted by Gasteiger charge is 2.57. The number of hydrogen-bond acceptors (Lipinski definition) is 2. The number of allylic oxidation sites excluding steroid dienone is 4. The van der Waals surface area contributed by atoms with Gasteiger partial charge in [-0.15, -0.1) is 0 Å². The summed E-state index contributed by atoms with van der Waals surface area (Å²) in [4.78, 5) is 0. The molecule has 22 heavy (non-hydrogen) atoms. The van der Waals surface area contributed by atoms with Gasteiger partial charge in [0.1, 0.15) is 0 Å². The van der Waals surface area contributed by atoms with E-state index in [1.54, 1.807) is 0 Å². The second kappa shape index (κ2) is 4.50. The molecule has 0 heterocycles. The van der Waals surface area contributed by atoms with Crippen LogP contribution < -0.4 is 0 Å². The Morgan fingerprint density at radius 2 is 2.00 bits per heavy atom. The van der Waals surface area contributed by atoms with Gasteiger partial charge < -0.3 is 10.2 Å². The predicted octanol–water partition coefficient (Wildman–Crippen LogP) is 4.38. The second-order valence-electron chi connectivity index (χ2n) is 8.54. The molecule has 2 unspecified atom stereocenters. The summed E-state index contributed by atoms with van der Waals surface area (Å²) in [6.45, 7) is 6.98. The van der Waals surface area contributed by atoms with Crippen LogP contribution in [-0.4, -0.2) is 16.3 Å². The molecule has 4 aliphatic carbocycles. The SMILES string of the molecule is CC1C=C2CC(O)C=C[C@]2(C)[C@@H]2CC[C@]3(C)C(O)=CC[C@H]3[C@H]12. The Bertz CT molecular complexity index is 587. The molecule has 4 aliphatic rings. The summed E-state index contributed by atoms with van der Waals surface area (Å²) < 4.78 is 0. The zero-order chi connectivity index (χ0) is 15.7. The van der Waals surface area contributed by atoms with Gasteiger partial charge in [-0.25, -0.2) is 0 Å². The number of aliphatic hydroxyl groups excluding tert-OH is 2. The third-order valence-electron chi connectivity index (χ3n) is 7.50. The summed E-state index contributed by atoms with van der Waals surface area (Å²) in [5, 5.41) is 20.4. The summed E-state index contributed by atoms with van der Waals surface area (Å²) in [5.74, 6) is 3.02. The highest BCUT2D eigenvalue weighted by Crippen LogP contribution is 2.64. The van der Waals surface area contributed by atoms with E-state index in [1.165, 1.54) is 12.0 Å². The minimum atomic E-state index is -0.311. The van der Waals surface area contributed by atoms with Crippen molar-refractivity contribution >= 4 is 0 Å². The summed E-state index contributed by atoms with van der Waals surface area (Å²) in [5.41, 5.74) is 1.54. The third-order valence-corrected chi connectivity index (χ3v) is 7.50. The van der Waals surface area contributed by atoms with E-state index in [2.05, 4.69) is 39.0 Å². The van der Waals surface area contributed by atoms with E-state index in [9.17, 15) is 10.2 Å². The van der Waals surface area contributed by atoms with Crippen LogP contribution in [0.25, 0.3) is 0 Å². The highest BCUT2D eigenvalue weighted by molar-refractivity contribution is 5.34. The fourth-order valence-electron chi connectivity index (χ4n) is 6.15. The molecule has 2 N–H and O–H groups in total. The molecular formula is C20H28O2. The van der Waals surface area contributed by atoms with Crippen LogP contribution in [0, 0.1) is 34.5 Å². The van der Waals surface area contributed by atoms with Crippen molar-refractivity contribution < 1.29 is 10.2 Å². The zero-order valence-electron chi connectivity index (χ0n) is 13.9. The Morgan fingerprint density at radius 1 is 1.23 bits per heavy atom. The molecular weight excluding hydrogens is 272 g/mol. The van der Waals surface area contributed by atoms with Gasteiger partial charge in [0.2, 0.25) is 0 Å². The Kier molecular flexibility index (Phi) is 2.98. The van der Waals surface area contributed by atoms with Gasteiger partial charge in [0.05, 0.1) is 11.9 Å². The van der Waals surface area contributed by atoms with Gasteiger partial charge in [-0.1, -0.05) is 44.6 Å². The topological polar surface area (TPSA) is 40.5 Å². The molecule has 0 aromatic rings. The summed E-state index contributed by atoms with van der Waals surface area (Å²) in [6.07, 6.45) is 12.6. The van der Waals surface area contributed by atoms with E-state index in [-0.39, 0.29) is 16.9 Å². The Morgan fingerprint density at radius 3 is 2.77 bits per heavy atom. The standard InChI is InChI=1S/C20H28O2/c1-12-10-13-11-14(21)6-8-19(13,2)16-7-9-20(3)15(18(12)16)4-5-17(20)22/h5-6,8,10,12,14-16,18,21-22H,4,7,9,11H2,1-3H3/t12?,14?,15-,16+,18-,19-,20-/m0/s1. The number of hydrogen-bond donors (Lipinski definition) is 2. The first-order valence-corrected chi connectivity index (χ1v) is 8.84. The van der Waals surface area contributed by atoms with Crippen LogP contribution in [0.5, 0.6) is 0 Å². The quantitative estimate of drug-likeness (QED) is 0.652. The van der Waals surface area contributed by atoms with Gasteiger partial charge >= 0.3 is 0 Å². The van der Waals surface area contributed by atoms with Crippen LogP contribution >= 0.6 is 0 Å². The van der Waals surface area contributed by atoms with E-state index in [0.717, 1.165) is 19.3 Å². The smallest absolute Gasteiger partial charge is 0.0944 e. The van der Waals surface area contributed by atoms with Crippen LogP contribution in [0.15, 0.2) is 35.6 Å². The van der Waals surface area contributed by atoms with Crippen molar-refractivity contribution in [3.63, 3.8) is 0 Å². The average molecular weight is 300 g/mol. The van der Waals surface area contributed by atoms with Gasteiger partial charge in [-0.3, -0.25) is 0 Å². The van der Waals surface area contributed by atoms with Crippen LogP contribution in [0.4, 0.5) is 0 Å². The third kappa shape index (κ3) is 1.71. The predicted molar refractivity (Wildman–Crippen MR) is 88.3 cm³/mol. The number of aliphatic hydroxyl groups is 2. The Hall–Kier alpha value is -1.02.